The number of aldehydes is 1. The Hall–Kier alpha value is -2.75. The first-order valence-electron chi connectivity index (χ1n) is 6.67. The molecule has 0 amide bonds. The molecule has 104 valence electrons. The number of nitrogens with zero attached hydrogens (tertiary/aromatic N) is 2. The topological polar surface area (TPSA) is 52.1 Å². The molecule has 2 aromatic carbocycles. The number of aromatic nitrogens is 2. The van der Waals surface area contributed by atoms with E-state index >= 15 is 0 Å². The van der Waals surface area contributed by atoms with Gasteiger partial charge in [-0.1, -0.05) is 24.3 Å². The van der Waals surface area contributed by atoms with Crippen LogP contribution in [-0.2, 0) is 6.61 Å². The molecule has 0 spiro atoms. The SMILES string of the molecule is Cc1nc2ccccc2nc1COc1ccccc1C=O. The fourth-order valence-corrected chi connectivity index (χ4v) is 2.12. The van der Waals surface area contributed by atoms with Crippen molar-refractivity contribution in [2.75, 3.05) is 0 Å². The van der Waals surface area contributed by atoms with Gasteiger partial charge in [0.05, 0.1) is 28.0 Å². The van der Waals surface area contributed by atoms with Gasteiger partial charge in [0.15, 0.2) is 6.29 Å². The van der Waals surface area contributed by atoms with Crippen molar-refractivity contribution >= 4 is 17.3 Å². The summed E-state index contributed by atoms with van der Waals surface area (Å²) in [6.07, 6.45) is 0.786. The average molecular weight is 278 g/mol. The summed E-state index contributed by atoms with van der Waals surface area (Å²) in [7, 11) is 0. The predicted molar refractivity (Wildman–Crippen MR) is 80.4 cm³/mol. The van der Waals surface area contributed by atoms with Crippen LogP contribution in [0.5, 0.6) is 5.75 Å². The molecule has 0 saturated heterocycles. The number of fused-ring (bicyclic) bond motifs is 1. The number of rotatable bonds is 4. The van der Waals surface area contributed by atoms with Crippen LogP contribution >= 0.6 is 0 Å². The van der Waals surface area contributed by atoms with Crippen LogP contribution in [0.3, 0.4) is 0 Å². The zero-order chi connectivity index (χ0) is 14.7. The minimum atomic E-state index is 0.286. The molecule has 0 bridgehead atoms. The zero-order valence-corrected chi connectivity index (χ0v) is 11.6. The lowest BCUT2D eigenvalue weighted by Gasteiger charge is -2.10. The first kappa shape index (κ1) is 13.2. The fourth-order valence-electron chi connectivity index (χ4n) is 2.12. The molecule has 3 aromatic rings. The molecule has 0 radical (unpaired) electrons. The number of ether oxygens (including phenoxy) is 1. The van der Waals surface area contributed by atoms with E-state index in [0.717, 1.165) is 28.7 Å². The molecule has 4 nitrogen and oxygen atoms in total. The van der Waals surface area contributed by atoms with Crippen LogP contribution in [0.2, 0.25) is 0 Å². The molecule has 0 aliphatic carbocycles. The summed E-state index contributed by atoms with van der Waals surface area (Å²) in [5.74, 6) is 0.557. The van der Waals surface area contributed by atoms with Gasteiger partial charge in [0, 0.05) is 0 Å². The van der Waals surface area contributed by atoms with Gasteiger partial charge in [-0.15, -0.1) is 0 Å². The first-order valence-corrected chi connectivity index (χ1v) is 6.67. The van der Waals surface area contributed by atoms with E-state index in [9.17, 15) is 4.79 Å². The van der Waals surface area contributed by atoms with Crippen LogP contribution in [0.4, 0.5) is 0 Å². The van der Waals surface area contributed by atoms with Crippen molar-refractivity contribution in [1.82, 2.24) is 9.97 Å². The van der Waals surface area contributed by atoms with Crippen LogP contribution in [0.15, 0.2) is 48.5 Å². The number of aryl methyl sites for hydroxylation is 1. The van der Waals surface area contributed by atoms with Crippen LogP contribution in [-0.4, -0.2) is 16.3 Å². The van der Waals surface area contributed by atoms with Crippen molar-refractivity contribution in [3.05, 3.63) is 65.5 Å². The molecule has 1 heterocycles. The van der Waals surface area contributed by atoms with Crippen molar-refractivity contribution < 1.29 is 9.53 Å². The van der Waals surface area contributed by atoms with E-state index in [1.54, 1.807) is 18.2 Å². The molecule has 3 rings (SSSR count). The number of hydrogen-bond acceptors (Lipinski definition) is 4. The average Bonchev–Trinajstić information content (AvgIpc) is 2.53. The number of benzene rings is 2. The number of para-hydroxylation sites is 3. The van der Waals surface area contributed by atoms with E-state index in [2.05, 4.69) is 9.97 Å². The number of carbonyl (C=O) groups excluding carboxylic acids is 1. The Kier molecular flexibility index (Phi) is 3.60. The van der Waals surface area contributed by atoms with Gasteiger partial charge in [-0.3, -0.25) is 4.79 Å². The lowest BCUT2D eigenvalue weighted by molar-refractivity contribution is 0.111. The number of hydrogen-bond donors (Lipinski definition) is 0. The van der Waals surface area contributed by atoms with E-state index in [1.165, 1.54) is 0 Å². The summed E-state index contributed by atoms with van der Waals surface area (Å²) in [6, 6.07) is 14.9. The van der Waals surface area contributed by atoms with Crippen molar-refractivity contribution in [1.29, 1.82) is 0 Å². The van der Waals surface area contributed by atoms with E-state index in [4.69, 9.17) is 4.74 Å². The van der Waals surface area contributed by atoms with Crippen molar-refractivity contribution in [2.24, 2.45) is 0 Å². The molecule has 0 unspecified atom stereocenters. The maximum atomic E-state index is 11.0. The summed E-state index contributed by atoms with van der Waals surface area (Å²) in [6.45, 7) is 2.19. The second-order valence-electron chi connectivity index (χ2n) is 4.69. The minimum absolute atomic E-state index is 0.286. The summed E-state index contributed by atoms with van der Waals surface area (Å²) in [4.78, 5) is 20.1. The second kappa shape index (κ2) is 5.71. The molecule has 4 heteroatoms. The molecular weight excluding hydrogens is 264 g/mol. The molecule has 0 N–H and O–H groups in total. The van der Waals surface area contributed by atoms with Gasteiger partial charge in [-0.2, -0.15) is 0 Å². The standard InChI is InChI=1S/C17H14N2O2/c1-12-16(19-15-8-4-3-7-14(15)18-12)11-21-17-9-5-2-6-13(17)10-20/h2-10H,11H2,1H3. The monoisotopic (exact) mass is 278 g/mol. The highest BCUT2D eigenvalue weighted by molar-refractivity contribution is 5.79. The third-order valence-electron chi connectivity index (χ3n) is 3.25. The van der Waals surface area contributed by atoms with Gasteiger partial charge in [-0.25, -0.2) is 9.97 Å². The van der Waals surface area contributed by atoms with Crippen LogP contribution < -0.4 is 4.74 Å². The fraction of sp³-hybridized carbons (Fsp3) is 0.118. The van der Waals surface area contributed by atoms with Gasteiger partial charge >= 0.3 is 0 Å². The second-order valence-corrected chi connectivity index (χ2v) is 4.69. The van der Waals surface area contributed by atoms with E-state index < -0.39 is 0 Å². The Morgan fingerprint density at radius 2 is 1.67 bits per heavy atom. The van der Waals surface area contributed by atoms with Crippen LogP contribution in [0, 0.1) is 6.92 Å². The Labute approximate surface area is 122 Å². The summed E-state index contributed by atoms with van der Waals surface area (Å²) >= 11 is 0. The van der Waals surface area contributed by atoms with Gasteiger partial charge < -0.3 is 4.74 Å². The predicted octanol–water partition coefficient (Wildman–Crippen LogP) is 3.33. The highest BCUT2D eigenvalue weighted by Gasteiger charge is 2.07. The van der Waals surface area contributed by atoms with Gasteiger partial charge in [-0.05, 0) is 31.2 Å². The van der Waals surface area contributed by atoms with Gasteiger partial charge in [0.2, 0.25) is 0 Å². The Morgan fingerprint density at radius 1 is 1.00 bits per heavy atom. The highest BCUT2D eigenvalue weighted by Crippen LogP contribution is 2.18. The maximum absolute atomic E-state index is 11.0. The smallest absolute Gasteiger partial charge is 0.153 e. The Morgan fingerprint density at radius 3 is 2.43 bits per heavy atom. The Balaban J connectivity index is 1.88. The molecule has 0 saturated carbocycles. The van der Waals surface area contributed by atoms with Crippen molar-refractivity contribution in [3.63, 3.8) is 0 Å². The lowest BCUT2D eigenvalue weighted by atomic mass is 10.2. The van der Waals surface area contributed by atoms with E-state index in [0.29, 0.717) is 11.3 Å². The molecule has 0 aliphatic heterocycles. The highest BCUT2D eigenvalue weighted by atomic mass is 16.5. The lowest BCUT2D eigenvalue weighted by Crippen LogP contribution is -2.04. The minimum Gasteiger partial charge on any atom is -0.486 e. The molecule has 1 aromatic heterocycles. The van der Waals surface area contributed by atoms with E-state index in [-0.39, 0.29) is 6.61 Å². The molecule has 0 atom stereocenters. The summed E-state index contributed by atoms with van der Waals surface area (Å²) in [5, 5.41) is 0. The molecule has 0 fully saturated rings. The van der Waals surface area contributed by atoms with Gasteiger partial charge in [0.1, 0.15) is 12.4 Å². The summed E-state index contributed by atoms with van der Waals surface area (Å²) in [5.41, 5.74) is 3.84. The largest absolute Gasteiger partial charge is 0.486 e. The van der Waals surface area contributed by atoms with E-state index in [1.807, 2.05) is 37.3 Å². The third kappa shape index (κ3) is 2.74. The van der Waals surface area contributed by atoms with Crippen molar-refractivity contribution in [3.8, 4) is 5.75 Å². The quantitative estimate of drug-likeness (QED) is 0.687. The molecular formula is C17H14N2O2. The molecule has 0 aliphatic rings. The van der Waals surface area contributed by atoms with Crippen LogP contribution in [0.25, 0.3) is 11.0 Å². The van der Waals surface area contributed by atoms with Gasteiger partial charge in [0.25, 0.3) is 0 Å². The van der Waals surface area contributed by atoms with Crippen molar-refractivity contribution in [2.45, 2.75) is 13.5 Å². The van der Waals surface area contributed by atoms with Crippen LogP contribution in [0.1, 0.15) is 21.7 Å². The third-order valence-corrected chi connectivity index (χ3v) is 3.25. The molecule has 21 heavy (non-hydrogen) atoms. The summed E-state index contributed by atoms with van der Waals surface area (Å²) < 4.78 is 5.71. The maximum Gasteiger partial charge on any atom is 0.153 e. The first-order chi connectivity index (χ1) is 10.3. The number of carbonyl (C=O) groups is 1. The zero-order valence-electron chi connectivity index (χ0n) is 11.6. The normalized spacial score (nSPS) is 10.5. The Bertz CT molecular complexity index is 800.